The van der Waals surface area contributed by atoms with Crippen molar-refractivity contribution in [2.45, 2.75) is 47.0 Å². The minimum atomic E-state index is -0.299. The molecule has 0 aromatic heterocycles. The first-order chi connectivity index (χ1) is 8.34. The van der Waals surface area contributed by atoms with E-state index in [4.69, 9.17) is 16.3 Å². The van der Waals surface area contributed by atoms with Crippen molar-refractivity contribution in [2.75, 3.05) is 6.61 Å². The van der Waals surface area contributed by atoms with E-state index in [2.05, 4.69) is 20.8 Å². The summed E-state index contributed by atoms with van der Waals surface area (Å²) >= 11 is 6.23. The van der Waals surface area contributed by atoms with E-state index in [9.17, 15) is 4.79 Å². The average molecular weight is 271 g/mol. The van der Waals surface area contributed by atoms with E-state index in [0.717, 1.165) is 29.9 Å². The molecule has 0 heterocycles. The lowest BCUT2D eigenvalue weighted by molar-refractivity contribution is -0.137. The number of rotatable bonds is 3. The number of halogens is 1. The normalized spacial score (nSPS) is 21.5. The van der Waals surface area contributed by atoms with E-state index in [0.29, 0.717) is 12.5 Å². The van der Waals surface area contributed by atoms with Crippen LogP contribution in [0, 0.1) is 11.3 Å². The Labute approximate surface area is 115 Å². The first-order valence-corrected chi connectivity index (χ1v) is 6.94. The van der Waals surface area contributed by atoms with E-state index in [-0.39, 0.29) is 11.4 Å². The molecule has 18 heavy (non-hydrogen) atoms. The van der Waals surface area contributed by atoms with Crippen molar-refractivity contribution >= 4 is 17.6 Å². The fourth-order valence-corrected chi connectivity index (χ4v) is 2.45. The van der Waals surface area contributed by atoms with Gasteiger partial charge >= 0.3 is 5.97 Å². The second kappa shape index (κ2) is 6.42. The van der Waals surface area contributed by atoms with Crippen LogP contribution in [0.5, 0.6) is 0 Å². The van der Waals surface area contributed by atoms with Gasteiger partial charge in [-0.3, -0.25) is 0 Å². The predicted molar refractivity (Wildman–Crippen MR) is 75.4 cm³/mol. The predicted octanol–water partition coefficient (Wildman–Crippen LogP) is 4.44. The van der Waals surface area contributed by atoms with Crippen LogP contribution in [-0.4, -0.2) is 12.6 Å². The van der Waals surface area contributed by atoms with Crippen LogP contribution in [0.4, 0.5) is 0 Å². The van der Waals surface area contributed by atoms with Gasteiger partial charge in [-0.2, -0.15) is 0 Å². The van der Waals surface area contributed by atoms with Crippen LogP contribution in [0.15, 0.2) is 22.8 Å². The summed E-state index contributed by atoms with van der Waals surface area (Å²) in [5.74, 6) is 0.314. The molecule has 0 aliphatic heterocycles. The standard InChI is InChI=1S/C15H23ClO2/c1-5-18-14(17)9-6-11-10-12(15(2,3)4)7-8-13(11)16/h6,9,12H,5,7-8,10H2,1-4H3. The largest absolute Gasteiger partial charge is 0.463 e. The van der Waals surface area contributed by atoms with Gasteiger partial charge in [0.2, 0.25) is 0 Å². The van der Waals surface area contributed by atoms with Crippen LogP contribution >= 0.6 is 11.6 Å². The highest BCUT2D eigenvalue weighted by atomic mass is 35.5. The molecule has 0 bridgehead atoms. The highest BCUT2D eigenvalue weighted by Gasteiger charge is 2.28. The third kappa shape index (κ3) is 4.49. The Kier molecular flexibility index (Phi) is 5.46. The van der Waals surface area contributed by atoms with Crippen molar-refractivity contribution in [1.29, 1.82) is 0 Å². The molecule has 1 rings (SSSR count). The van der Waals surface area contributed by atoms with Crippen molar-refractivity contribution in [1.82, 2.24) is 0 Å². The molecule has 0 spiro atoms. The van der Waals surface area contributed by atoms with Crippen LogP contribution in [-0.2, 0) is 9.53 Å². The first kappa shape index (κ1) is 15.3. The molecule has 0 saturated carbocycles. The fraction of sp³-hybridized carbons (Fsp3) is 0.667. The summed E-state index contributed by atoms with van der Waals surface area (Å²) in [4.78, 5) is 11.3. The summed E-state index contributed by atoms with van der Waals surface area (Å²) in [5.41, 5.74) is 1.36. The lowest BCUT2D eigenvalue weighted by Gasteiger charge is -2.34. The molecule has 0 N–H and O–H groups in total. The van der Waals surface area contributed by atoms with Gasteiger partial charge in [-0.15, -0.1) is 0 Å². The number of hydrogen-bond acceptors (Lipinski definition) is 2. The van der Waals surface area contributed by atoms with E-state index in [1.807, 2.05) is 6.08 Å². The molecule has 0 amide bonds. The van der Waals surface area contributed by atoms with Crippen LogP contribution in [0.1, 0.15) is 47.0 Å². The molecule has 1 atom stereocenters. The zero-order valence-electron chi connectivity index (χ0n) is 11.8. The Morgan fingerprint density at radius 1 is 1.50 bits per heavy atom. The number of ether oxygens (including phenoxy) is 1. The Morgan fingerprint density at radius 2 is 2.17 bits per heavy atom. The third-order valence-corrected chi connectivity index (χ3v) is 3.89. The van der Waals surface area contributed by atoms with Crippen molar-refractivity contribution < 1.29 is 9.53 Å². The maximum absolute atomic E-state index is 11.3. The molecule has 0 fully saturated rings. The zero-order chi connectivity index (χ0) is 13.8. The molecule has 102 valence electrons. The number of carbonyl (C=O) groups excluding carboxylic acids is 1. The van der Waals surface area contributed by atoms with Gasteiger partial charge in [0, 0.05) is 11.1 Å². The molecule has 0 radical (unpaired) electrons. The Balaban J connectivity index is 2.72. The topological polar surface area (TPSA) is 26.3 Å². The molecule has 1 unspecified atom stereocenters. The molecule has 0 aromatic rings. The molecule has 1 aliphatic carbocycles. The molecule has 1 aliphatic rings. The lowest BCUT2D eigenvalue weighted by Crippen LogP contribution is -2.23. The first-order valence-electron chi connectivity index (χ1n) is 6.57. The van der Waals surface area contributed by atoms with Crippen molar-refractivity contribution in [3.63, 3.8) is 0 Å². The maximum atomic E-state index is 11.3. The van der Waals surface area contributed by atoms with Crippen LogP contribution in [0.3, 0.4) is 0 Å². The smallest absolute Gasteiger partial charge is 0.330 e. The second-order valence-electron chi connectivity index (χ2n) is 5.82. The molecule has 2 nitrogen and oxygen atoms in total. The van der Waals surface area contributed by atoms with E-state index in [1.165, 1.54) is 6.08 Å². The van der Waals surface area contributed by atoms with Gasteiger partial charge in [-0.1, -0.05) is 38.4 Å². The summed E-state index contributed by atoms with van der Waals surface area (Å²) < 4.78 is 4.87. The summed E-state index contributed by atoms with van der Waals surface area (Å²) in [5, 5.41) is 0.885. The van der Waals surface area contributed by atoms with Gasteiger partial charge in [0.25, 0.3) is 0 Å². The van der Waals surface area contributed by atoms with Gasteiger partial charge in [-0.05, 0) is 43.1 Å². The Hall–Kier alpha value is -0.760. The summed E-state index contributed by atoms with van der Waals surface area (Å²) in [6.07, 6.45) is 6.27. The monoisotopic (exact) mass is 270 g/mol. The van der Waals surface area contributed by atoms with Gasteiger partial charge in [0.1, 0.15) is 0 Å². The molecular weight excluding hydrogens is 248 g/mol. The summed E-state index contributed by atoms with van der Waals surface area (Å²) in [7, 11) is 0. The van der Waals surface area contributed by atoms with Gasteiger partial charge < -0.3 is 4.74 Å². The maximum Gasteiger partial charge on any atom is 0.330 e. The molecule has 0 aromatic carbocycles. The van der Waals surface area contributed by atoms with Crippen molar-refractivity contribution in [3.05, 3.63) is 22.8 Å². The summed E-state index contributed by atoms with van der Waals surface area (Å²) in [6, 6.07) is 0. The van der Waals surface area contributed by atoms with Crippen LogP contribution in [0.25, 0.3) is 0 Å². The molecule has 0 saturated heterocycles. The minimum Gasteiger partial charge on any atom is -0.463 e. The van der Waals surface area contributed by atoms with Crippen LogP contribution in [0.2, 0.25) is 0 Å². The number of hydrogen-bond donors (Lipinski definition) is 0. The SMILES string of the molecule is CCOC(=O)C=CC1=C(Cl)CCC(C(C)(C)C)C1. The minimum absolute atomic E-state index is 0.278. The van der Waals surface area contributed by atoms with Crippen LogP contribution < -0.4 is 0 Å². The van der Waals surface area contributed by atoms with Gasteiger partial charge in [0.05, 0.1) is 6.61 Å². The number of allylic oxidation sites excluding steroid dienone is 3. The Morgan fingerprint density at radius 3 is 2.72 bits per heavy atom. The second-order valence-corrected chi connectivity index (χ2v) is 6.28. The third-order valence-electron chi connectivity index (χ3n) is 3.46. The lowest BCUT2D eigenvalue weighted by atomic mass is 9.72. The van der Waals surface area contributed by atoms with Crippen molar-refractivity contribution in [3.8, 4) is 0 Å². The fourth-order valence-electron chi connectivity index (χ4n) is 2.20. The van der Waals surface area contributed by atoms with E-state index in [1.54, 1.807) is 6.92 Å². The zero-order valence-corrected chi connectivity index (χ0v) is 12.5. The van der Waals surface area contributed by atoms with Gasteiger partial charge in [0.15, 0.2) is 0 Å². The van der Waals surface area contributed by atoms with Gasteiger partial charge in [-0.25, -0.2) is 4.79 Å². The Bertz CT molecular complexity index is 361. The number of carbonyl (C=O) groups is 1. The average Bonchev–Trinajstić information content (AvgIpc) is 2.26. The molecular formula is C15H23ClO2. The quantitative estimate of drug-likeness (QED) is 0.560. The number of esters is 1. The summed E-state index contributed by atoms with van der Waals surface area (Å²) in [6.45, 7) is 8.96. The van der Waals surface area contributed by atoms with Crippen molar-refractivity contribution in [2.24, 2.45) is 11.3 Å². The van der Waals surface area contributed by atoms with E-state index < -0.39 is 0 Å². The highest BCUT2D eigenvalue weighted by Crippen LogP contribution is 2.41. The highest BCUT2D eigenvalue weighted by molar-refractivity contribution is 6.30. The van der Waals surface area contributed by atoms with E-state index >= 15 is 0 Å². The molecule has 3 heteroatoms.